The maximum atomic E-state index is 11.6. The van der Waals surface area contributed by atoms with Crippen LogP contribution in [0.1, 0.15) is 63.5 Å². The maximum Gasteiger partial charge on any atom is 1.00 e. The average Bonchev–Trinajstić information content (AvgIpc) is 2.54. The Morgan fingerprint density at radius 1 is 0.840 bits per heavy atom. The van der Waals surface area contributed by atoms with E-state index in [2.05, 4.69) is 19.9 Å². The molecule has 25 heavy (non-hydrogen) atoms. The van der Waals surface area contributed by atoms with Crippen molar-refractivity contribution >= 4 is 20.9 Å². The Labute approximate surface area is 174 Å². The van der Waals surface area contributed by atoms with E-state index in [1.807, 2.05) is 12.1 Å². The number of unbranched alkanes of at least 4 members (excludes halogenated alkanes) is 4. The summed E-state index contributed by atoms with van der Waals surface area (Å²) in [6.07, 6.45) is 8.33. The molecule has 0 saturated carbocycles. The largest absolute Gasteiger partial charge is 1.00 e. The molecule has 0 unspecified atom stereocenters. The number of rotatable bonds is 9. The maximum absolute atomic E-state index is 11.6. The first kappa shape index (κ1) is 22.7. The summed E-state index contributed by atoms with van der Waals surface area (Å²) in [4.78, 5) is -0.0931. The van der Waals surface area contributed by atoms with Crippen LogP contribution in [-0.2, 0) is 23.0 Å². The van der Waals surface area contributed by atoms with Crippen LogP contribution in [0, 0.1) is 0 Å². The first-order valence-corrected chi connectivity index (χ1v) is 10.4. The van der Waals surface area contributed by atoms with Gasteiger partial charge < -0.3 is 4.55 Å². The molecule has 0 atom stereocenters. The van der Waals surface area contributed by atoms with Crippen molar-refractivity contribution in [1.82, 2.24) is 0 Å². The molecule has 0 radical (unpaired) electrons. The zero-order chi connectivity index (χ0) is 17.6. The van der Waals surface area contributed by atoms with Crippen molar-refractivity contribution in [3.63, 3.8) is 0 Å². The van der Waals surface area contributed by atoms with Crippen LogP contribution < -0.4 is 29.6 Å². The Bertz CT molecular complexity index is 785. The third kappa shape index (κ3) is 6.37. The minimum Gasteiger partial charge on any atom is -0.744 e. The topological polar surface area (TPSA) is 57.2 Å². The number of hydrogen-bond acceptors (Lipinski definition) is 3. The third-order valence-electron chi connectivity index (χ3n) is 4.53. The fraction of sp³-hybridized carbons (Fsp3) is 0.500. The molecule has 0 saturated heterocycles. The van der Waals surface area contributed by atoms with Crippen LogP contribution in [0.25, 0.3) is 10.8 Å². The molecule has 3 nitrogen and oxygen atoms in total. The summed E-state index contributed by atoms with van der Waals surface area (Å²) in [6.45, 7) is 4.31. The fourth-order valence-corrected chi connectivity index (χ4v) is 3.75. The summed E-state index contributed by atoms with van der Waals surface area (Å²) >= 11 is 0. The molecular formula is C20H27NaO3S. The van der Waals surface area contributed by atoms with Gasteiger partial charge in [0.15, 0.2) is 0 Å². The summed E-state index contributed by atoms with van der Waals surface area (Å²) < 4.78 is 34.7. The second kappa shape index (κ2) is 10.7. The molecule has 0 N–H and O–H groups in total. The summed E-state index contributed by atoms with van der Waals surface area (Å²) in [5.74, 6) is 0. The third-order valence-corrected chi connectivity index (χ3v) is 5.35. The van der Waals surface area contributed by atoms with Crippen molar-refractivity contribution in [1.29, 1.82) is 0 Å². The van der Waals surface area contributed by atoms with Crippen molar-refractivity contribution in [3.8, 4) is 0 Å². The van der Waals surface area contributed by atoms with Gasteiger partial charge in [0.1, 0.15) is 10.1 Å². The van der Waals surface area contributed by atoms with Crippen molar-refractivity contribution in [3.05, 3.63) is 41.5 Å². The van der Waals surface area contributed by atoms with Crippen LogP contribution in [0.4, 0.5) is 0 Å². The van der Waals surface area contributed by atoms with Gasteiger partial charge in [0.2, 0.25) is 0 Å². The quantitative estimate of drug-likeness (QED) is 0.386. The van der Waals surface area contributed by atoms with Crippen LogP contribution >= 0.6 is 0 Å². The SMILES string of the molecule is CCCCCc1cc(S(=O)(=O)[O-])cc2c(CCCCC)cccc12.[Na+]. The summed E-state index contributed by atoms with van der Waals surface area (Å²) in [7, 11) is -4.44. The molecule has 2 rings (SSSR count). The molecule has 2 aromatic rings. The fourth-order valence-electron chi connectivity index (χ4n) is 3.20. The second-order valence-electron chi connectivity index (χ2n) is 6.46. The van der Waals surface area contributed by atoms with Gasteiger partial charge in [0.05, 0.1) is 4.90 Å². The first-order valence-electron chi connectivity index (χ1n) is 8.97. The van der Waals surface area contributed by atoms with E-state index < -0.39 is 10.1 Å². The van der Waals surface area contributed by atoms with Crippen LogP contribution in [0.3, 0.4) is 0 Å². The van der Waals surface area contributed by atoms with Gasteiger partial charge in [-0.2, -0.15) is 0 Å². The zero-order valence-corrected chi connectivity index (χ0v) is 18.5. The molecule has 0 aliphatic carbocycles. The number of aryl methyl sites for hydroxylation is 2. The second-order valence-corrected chi connectivity index (χ2v) is 7.84. The Kier molecular flexibility index (Phi) is 9.68. The monoisotopic (exact) mass is 370 g/mol. The van der Waals surface area contributed by atoms with Crippen molar-refractivity contribution in [2.45, 2.75) is 70.1 Å². The summed E-state index contributed by atoms with van der Waals surface area (Å²) in [6, 6.07) is 9.28. The van der Waals surface area contributed by atoms with Crippen molar-refractivity contribution in [2.75, 3.05) is 0 Å². The predicted molar refractivity (Wildman–Crippen MR) is 98.4 cm³/mol. The van der Waals surface area contributed by atoms with Crippen LogP contribution in [0.2, 0.25) is 0 Å². The average molecular weight is 370 g/mol. The Morgan fingerprint density at radius 3 is 2.00 bits per heavy atom. The molecule has 0 amide bonds. The molecule has 0 bridgehead atoms. The first-order chi connectivity index (χ1) is 11.5. The van der Waals surface area contributed by atoms with Gasteiger partial charge in [0, 0.05) is 0 Å². The minimum absolute atomic E-state index is 0. The van der Waals surface area contributed by atoms with Crippen molar-refractivity contribution in [2.24, 2.45) is 0 Å². The van der Waals surface area contributed by atoms with Gasteiger partial charge in [-0.3, -0.25) is 0 Å². The van der Waals surface area contributed by atoms with E-state index in [-0.39, 0.29) is 34.5 Å². The zero-order valence-electron chi connectivity index (χ0n) is 15.7. The van der Waals surface area contributed by atoms with E-state index in [1.54, 1.807) is 12.1 Å². The Balaban J connectivity index is 0.00000312. The van der Waals surface area contributed by atoms with E-state index in [9.17, 15) is 13.0 Å². The standard InChI is InChI=1S/C20H28O3S.Na/c1-3-5-7-10-16-12-9-13-19-17(11-8-6-4-2)14-18(15-20(16)19)24(21,22)23;/h9,12-15H,3-8,10-11H2,1-2H3,(H,21,22,23);/q;+1/p-1. The van der Waals surface area contributed by atoms with Gasteiger partial charge in [-0.1, -0.05) is 57.7 Å². The predicted octanol–water partition coefficient (Wildman–Crippen LogP) is 2.21. The molecule has 5 heteroatoms. The molecule has 0 aliphatic rings. The molecule has 0 heterocycles. The summed E-state index contributed by atoms with van der Waals surface area (Å²) in [5, 5.41) is 2.02. The molecule has 132 valence electrons. The number of hydrogen-bond donors (Lipinski definition) is 0. The number of fused-ring (bicyclic) bond motifs is 1. The smallest absolute Gasteiger partial charge is 0.744 e. The number of benzene rings is 2. The minimum atomic E-state index is -4.44. The van der Waals surface area contributed by atoms with E-state index in [0.29, 0.717) is 0 Å². The van der Waals surface area contributed by atoms with Gasteiger partial charge in [-0.25, -0.2) is 8.42 Å². The van der Waals surface area contributed by atoms with Crippen molar-refractivity contribution < 1.29 is 42.5 Å². The van der Waals surface area contributed by atoms with Crippen LogP contribution in [-0.4, -0.2) is 13.0 Å². The van der Waals surface area contributed by atoms with Gasteiger partial charge in [-0.05, 0) is 59.7 Å². The van der Waals surface area contributed by atoms with Gasteiger partial charge in [-0.15, -0.1) is 0 Å². The van der Waals surface area contributed by atoms with E-state index >= 15 is 0 Å². The Hall–Kier alpha value is -0.390. The van der Waals surface area contributed by atoms with Crippen LogP contribution in [0.5, 0.6) is 0 Å². The molecule has 0 aromatic heterocycles. The normalized spacial score (nSPS) is 11.5. The van der Waals surface area contributed by atoms with Gasteiger partial charge >= 0.3 is 29.6 Å². The molecule has 0 aliphatic heterocycles. The molecular weight excluding hydrogens is 343 g/mol. The van der Waals surface area contributed by atoms with Crippen LogP contribution in [0.15, 0.2) is 35.2 Å². The molecule has 2 aromatic carbocycles. The molecule has 0 spiro atoms. The Morgan fingerprint density at radius 2 is 1.44 bits per heavy atom. The van der Waals surface area contributed by atoms with Gasteiger partial charge in [0.25, 0.3) is 0 Å². The molecule has 0 fully saturated rings. The van der Waals surface area contributed by atoms with E-state index in [0.717, 1.165) is 73.3 Å². The van der Waals surface area contributed by atoms with E-state index in [1.165, 1.54) is 0 Å². The van der Waals surface area contributed by atoms with E-state index in [4.69, 9.17) is 0 Å². The summed E-state index contributed by atoms with van der Waals surface area (Å²) in [5.41, 5.74) is 2.12.